The number of nitrogens with zero attached hydrogens (tertiary/aromatic N) is 1. The molecule has 0 amide bonds. The summed E-state index contributed by atoms with van der Waals surface area (Å²) in [7, 11) is 0. The zero-order valence-corrected chi connectivity index (χ0v) is 8.69. The molecule has 1 aliphatic heterocycles. The minimum Gasteiger partial charge on any atom is -0.384 e. The van der Waals surface area contributed by atoms with Gasteiger partial charge in [-0.1, -0.05) is 13.3 Å². The van der Waals surface area contributed by atoms with Crippen LogP contribution in [0.2, 0.25) is 0 Å². The molecule has 0 unspecified atom stereocenters. The van der Waals surface area contributed by atoms with Crippen LogP contribution in [0.1, 0.15) is 31.2 Å². The third-order valence-electron chi connectivity index (χ3n) is 2.86. The maximum Gasteiger partial charge on any atom is 0.269 e. The number of hydrogen-bond donors (Lipinski definition) is 1. The average Bonchev–Trinajstić information content (AvgIpc) is 2.61. The number of rotatable bonds is 3. The molecule has 80 valence electrons. The van der Waals surface area contributed by atoms with Crippen molar-refractivity contribution in [2.75, 3.05) is 11.9 Å². The minimum atomic E-state index is -0.332. The van der Waals surface area contributed by atoms with E-state index < -0.39 is 0 Å². The van der Waals surface area contributed by atoms with Gasteiger partial charge in [0.25, 0.3) is 5.69 Å². The summed E-state index contributed by atoms with van der Waals surface area (Å²) in [6.45, 7) is 3.04. The number of benzene rings is 1. The number of non-ortho nitro benzene ring substituents is 1. The van der Waals surface area contributed by atoms with Gasteiger partial charge in [-0.3, -0.25) is 10.1 Å². The Kier molecular flexibility index (Phi) is 2.58. The fourth-order valence-corrected chi connectivity index (χ4v) is 2.11. The first-order valence-corrected chi connectivity index (χ1v) is 5.24. The zero-order chi connectivity index (χ0) is 10.8. The first-order valence-electron chi connectivity index (χ1n) is 5.24. The van der Waals surface area contributed by atoms with Crippen LogP contribution in [0.4, 0.5) is 11.4 Å². The van der Waals surface area contributed by atoms with Gasteiger partial charge in [0.1, 0.15) is 0 Å². The number of nitro benzene ring substituents is 1. The molecule has 1 aliphatic rings. The van der Waals surface area contributed by atoms with Crippen LogP contribution in [-0.4, -0.2) is 11.5 Å². The Morgan fingerprint density at radius 2 is 2.40 bits per heavy atom. The summed E-state index contributed by atoms with van der Waals surface area (Å²) in [6, 6.07) is 5.07. The lowest BCUT2D eigenvalue weighted by Crippen LogP contribution is -2.01. The van der Waals surface area contributed by atoms with Gasteiger partial charge in [0, 0.05) is 30.3 Å². The molecule has 4 nitrogen and oxygen atoms in total. The van der Waals surface area contributed by atoms with Crippen LogP contribution in [0, 0.1) is 10.1 Å². The van der Waals surface area contributed by atoms with Gasteiger partial charge in [0.05, 0.1) is 4.92 Å². The molecular weight excluding hydrogens is 192 g/mol. The average molecular weight is 206 g/mol. The Morgan fingerprint density at radius 1 is 1.60 bits per heavy atom. The molecule has 1 aromatic carbocycles. The second-order valence-corrected chi connectivity index (χ2v) is 3.90. The molecule has 0 bridgehead atoms. The van der Waals surface area contributed by atoms with Crippen molar-refractivity contribution >= 4 is 11.4 Å². The van der Waals surface area contributed by atoms with Gasteiger partial charge in [-0.15, -0.1) is 0 Å². The Hall–Kier alpha value is -1.58. The summed E-state index contributed by atoms with van der Waals surface area (Å²) >= 11 is 0. The van der Waals surface area contributed by atoms with Gasteiger partial charge in [-0.05, 0) is 18.1 Å². The summed E-state index contributed by atoms with van der Waals surface area (Å²) in [4.78, 5) is 10.3. The van der Waals surface area contributed by atoms with Crippen LogP contribution >= 0.6 is 0 Å². The van der Waals surface area contributed by atoms with Gasteiger partial charge in [-0.25, -0.2) is 0 Å². The lowest BCUT2D eigenvalue weighted by Gasteiger charge is -2.07. The smallest absolute Gasteiger partial charge is 0.269 e. The highest BCUT2D eigenvalue weighted by atomic mass is 16.6. The molecule has 0 aromatic heterocycles. The highest BCUT2D eigenvalue weighted by molar-refractivity contribution is 5.61. The Morgan fingerprint density at radius 3 is 3.07 bits per heavy atom. The van der Waals surface area contributed by atoms with Crippen molar-refractivity contribution in [3.8, 4) is 0 Å². The monoisotopic (exact) mass is 206 g/mol. The summed E-state index contributed by atoms with van der Waals surface area (Å²) in [5, 5.41) is 13.9. The van der Waals surface area contributed by atoms with Gasteiger partial charge in [0.15, 0.2) is 0 Å². The lowest BCUT2D eigenvalue weighted by atomic mass is 9.96. The van der Waals surface area contributed by atoms with Crippen LogP contribution in [0.15, 0.2) is 18.2 Å². The van der Waals surface area contributed by atoms with Crippen molar-refractivity contribution in [2.45, 2.75) is 25.7 Å². The van der Waals surface area contributed by atoms with E-state index in [2.05, 4.69) is 12.2 Å². The number of hydrogen-bond acceptors (Lipinski definition) is 3. The Labute approximate surface area is 88.5 Å². The van der Waals surface area contributed by atoms with Crippen LogP contribution < -0.4 is 5.32 Å². The predicted molar refractivity (Wildman–Crippen MR) is 59.2 cm³/mol. The third kappa shape index (κ3) is 1.79. The van der Waals surface area contributed by atoms with Crippen LogP contribution in [0.3, 0.4) is 0 Å². The van der Waals surface area contributed by atoms with E-state index in [9.17, 15) is 10.1 Å². The van der Waals surface area contributed by atoms with Crippen molar-refractivity contribution in [2.24, 2.45) is 0 Å². The molecule has 0 radical (unpaired) electrons. The molecule has 0 fully saturated rings. The largest absolute Gasteiger partial charge is 0.384 e. The Balaban J connectivity index is 2.33. The standard InChI is InChI=1S/C11H14N2O2/c1-2-3-8-7-12-11-5-4-9(13(14)15)6-10(8)11/h4-6,8,12H,2-3,7H2,1H3/t8-/m0/s1. The van der Waals surface area contributed by atoms with E-state index in [1.54, 1.807) is 12.1 Å². The normalized spacial score (nSPS) is 18.3. The van der Waals surface area contributed by atoms with Crippen molar-refractivity contribution in [3.63, 3.8) is 0 Å². The minimum absolute atomic E-state index is 0.193. The first-order chi connectivity index (χ1) is 7.22. The van der Waals surface area contributed by atoms with E-state index >= 15 is 0 Å². The molecule has 0 saturated heterocycles. The fraction of sp³-hybridized carbons (Fsp3) is 0.455. The van der Waals surface area contributed by atoms with E-state index in [1.165, 1.54) is 0 Å². The summed E-state index contributed by atoms with van der Waals surface area (Å²) in [5.74, 6) is 0.435. The van der Waals surface area contributed by atoms with Crippen molar-refractivity contribution in [3.05, 3.63) is 33.9 Å². The third-order valence-corrected chi connectivity index (χ3v) is 2.86. The molecule has 0 aliphatic carbocycles. The maximum absolute atomic E-state index is 10.7. The molecule has 2 rings (SSSR count). The SMILES string of the molecule is CCC[C@H]1CNc2ccc([N+](=O)[O-])cc21. The molecular formula is C11H14N2O2. The molecule has 1 heterocycles. The molecule has 1 N–H and O–H groups in total. The van der Waals surface area contributed by atoms with Crippen molar-refractivity contribution in [1.29, 1.82) is 0 Å². The van der Waals surface area contributed by atoms with E-state index in [-0.39, 0.29) is 10.6 Å². The highest BCUT2D eigenvalue weighted by Gasteiger charge is 2.23. The number of fused-ring (bicyclic) bond motifs is 1. The molecule has 0 spiro atoms. The second-order valence-electron chi connectivity index (χ2n) is 3.90. The zero-order valence-electron chi connectivity index (χ0n) is 8.69. The van der Waals surface area contributed by atoms with Crippen molar-refractivity contribution < 1.29 is 4.92 Å². The van der Waals surface area contributed by atoms with Gasteiger partial charge in [-0.2, -0.15) is 0 Å². The molecule has 1 aromatic rings. The quantitative estimate of drug-likeness (QED) is 0.611. The number of nitro groups is 1. The number of nitrogens with one attached hydrogen (secondary N) is 1. The second kappa shape index (κ2) is 3.88. The molecule has 1 atom stereocenters. The first kappa shape index (κ1) is 9.96. The van der Waals surface area contributed by atoms with E-state index in [0.717, 1.165) is 30.6 Å². The molecule has 4 heteroatoms. The maximum atomic E-state index is 10.7. The summed E-state index contributed by atoms with van der Waals surface area (Å²) < 4.78 is 0. The van der Waals surface area contributed by atoms with E-state index in [4.69, 9.17) is 0 Å². The topological polar surface area (TPSA) is 55.2 Å². The van der Waals surface area contributed by atoms with E-state index in [1.807, 2.05) is 6.07 Å². The Bertz CT molecular complexity index is 388. The highest BCUT2D eigenvalue weighted by Crippen LogP contribution is 2.36. The summed E-state index contributed by atoms with van der Waals surface area (Å²) in [5.41, 5.74) is 2.35. The van der Waals surface area contributed by atoms with Crippen LogP contribution in [0.5, 0.6) is 0 Å². The fourth-order valence-electron chi connectivity index (χ4n) is 2.11. The van der Waals surface area contributed by atoms with Crippen LogP contribution in [0.25, 0.3) is 0 Å². The predicted octanol–water partition coefficient (Wildman–Crippen LogP) is 2.90. The van der Waals surface area contributed by atoms with E-state index in [0.29, 0.717) is 5.92 Å². The lowest BCUT2D eigenvalue weighted by molar-refractivity contribution is -0.384. The number of anilines is 1. The van der Waals surface area contributed by atoms with Crippen molar-refractivity contribution in [1.82, 2.24) is 0 Å². The van der Waals surface area contributed by atoms with Crippen LogP contribution in [-0.2, 0) is 0 Å². The van der Waals surface area contributed by atoms with Gasteiger partial charge < -0.3 is 5.32 Å². The molecule has 0 saturated carbocycles. The van der Waals surface area contributed by atoms with Gasteiger partial charge in [0.2, 0.25) is 0 Å². The summed E-state index contributed by atoms with van der Waals surface area (Å²) in [6.07, 6.45) is 2.19. The van der Waals surface area contributed by atoms with Gasteiger partial charge >= 0.3 is 0 Å². The molecule has 15 heavy (non-hydrogen) atoms.